The minimum Gasteiger partial charge on any atom is -0.485 e. The van der Waals surface area contributed by atoms with Crippen molar-refractivity contribution >= 4 is 0 Å². The van der Waals surface area contributed by atoms with Gasteiger partial charge in [0.25, 0.3) is 0 Å². The highest BCUT2D eigenvalue weighted by atomic mass is 16.5. The van der Waals surface area contributed by atoms with Gasteiger partial charge in [-0.3, -0.25) is 4.98 Å². The molecular weight excluding hydrogens is 278 g/mol. The van der Waals surface area contributed by atoms with E-state index in [2.05, 4.69) is 21.2 Å². The zero-order valence-corrected chi connectivity index (χ0v) is 11.9. The summed E-state index contributed by atoms with van der Waals surface area (Å²) in [6, 6.07) is 13.7. The van der Waals surface area contributed by atoms with E-state index in [9.17, 15) is 0 Å². The second-order valence-electron chi connectivity index (χ2n) is 5.39. The molecule has 1 aromatic carbocycles. The maximum atomic E-state index is 5.62. The quantitative estimate of drug-likeness (QED) is 0.722. The number of aromatic nitrogens is 3. The van der Waals surface area contributed by atoms with Crippen molar-refractivity contribution in [3.8, 4) is 5.75 Å². The van der Waals surface area contributed by atoms with E-state index >= 15 is 0 Å². The van der Waals surface area contributed by atoms with Crippen molar-refractivity contribution in [3.05, 3.63) is 72.1 Å². The normalized spacial score (nSPS) is 19.8. The average molecular weight is 293 g/mol. The average Bonchev–Trinajstić information content (AvgIpc) is 3.25. The van der Waals surface area contributed by atoms with E-state index in [4.69, 9.17) is 9.26 Å². The van der Waals surface area contributed by atoms with Crippen molar-refractivity contribution in [1.29, 1.82) is 0 Å². The Morgan fingerprint density at radius 2 is 2.00 bits per heavy atom. The minimum absolute atomic E-state index is 0.308. The van der Waals surface area contributed by atoms with Gasteiger partial charge in [0.1, 0.15) is 5.75 Å². The van der Waals surface area contributed by atoms with Gasteiger partial charge in [0.2, 0.25) is 11.7 Å². The molecule has 0 N–H and O–H groups in total. The Morgan fingerprint density at radius 1 is 1.09 bits per heavy atom. The lowest BCUT2D eigenvalue weighted by Gasteiger charge is -2.01. The maximum Gasteiger partial charge on any atom is 0.230 e. The molecule has 22 heavy (non-hydrogen) atoms. The molecule has 1 saturated carbocycles. The van der Waals surface area contributed by atoms with Gasteiger partial charge in [-0.05, 0) is 36.1 Å². The molecule has 5 nitrogen and oxygen atoms in total. The Hall–Kier alpha value is -2.69. The number of benzene rings is 1. The Kier molecular flexibility index (Phi) is 3.31. The van der Waals surface area contributed by atoms with Gasteiger partial charge < -0.3 is 9.26 Å². The number of ether oxygens (including phenoxy) is 1. The van der Waals surface area contributed by atoms with Crippen LogP contribution >= 0.6 is 0 Å². The molecule has 0 spiro atoms. The number of nitrogens with zero attached hydrogens (tertiary/aromatic N) is 3. The molecule has 4 rings (SSSR count). The van der Waals surface area contributed by atoms with Crippen molar-refractivity contribution in [2.24, 2.45) is 0 Å². The van der Waals surface area contributed by atoms with E-state index in [1.54, 1.807) is 6.20 Å². The molecule has 0 aliphatic heterocycles. The second-order valence-corrected chi connectivity index (χ2v) is 5.39. The predicted octanol–water partition coefficient (Wildman–Crippen LogP) is 3.31. The molecule has 2 heterocycles. The van der Waals surface area contributed by atoms with Gasteiger partial charge >= 0.3 is 0 Å². The number of para-hydroxylation sites is 1. The standard InChI is InChI=1S/C17H15N3O2/c1-2-6-13(7-3-1)21-11-16-19-17(22-20-16)15-9-14(15)12-5-4-8-18-10-12/h1-8,10,14-15H,9,11H2. The lowest BCUT2D eigenvalue weighted by Crippen LogP contribution is -1.97. The van der Waals surface area contributed by atoms with Crippen LogP contribution in [0.1, 0.15) is 35.5 Å². The number of hydrogen-bond acceptors (Lipinski definition) is 5. The lowest BCUT2D eigenvalue weighted by atomic mass is 10.1. The monoisotopic (exact) mass is 293 g/mol. The zero-order valence-electron chi connectivity index (χ0n) is 11.9. The van der Waals surface area contributed by atoms with Crippen LogP contribution in [0.2, 0.25) is 0 Å². The van der Waals surface area contributed by atoms with Crippen LogP contribution < -0.4 is 4.74 Å². The van der Waals surface area contributed by atoms with Gasteiger partial charge in [-0.25, -0.2) is 0 Å². The van der Waals surface area contributed by atoms with E-state index in [1.807, 2.05) is 42.6 Å². The first-order valence-electron chi connectivity index (χ1n) is 7.30. The highest BCUT2D eigenvalue weighted by Crippen LogP contribution is 2.53. The molecule has 5 heteroatoms. The van der Waals surface area contributed by atoms with E-state index in [1.165, 1.54) is 5.56 Å². The molecule has 2 aromatic heterocycles. The van der Waals surface area contributed by atoms with Crippen molar-refractivity contribution in [1.82, 2.24) is 15.1 Å². The number of pyridine rings is 1. The third kappa shape index (κ3) is 2.70. The Bertz CT molecular complexity index is 743. The second kappa shape index (κ2) is 5.60. The molecular formula is C17H15N3O2. The fourth-order valence-corrected chi connectivity index (χ4v) is 2.57. The minimum atomic E-state index is 0.308. The van der Waals surface area contributed by atoms with Gasteiger partial charge in [0.15, 0.2) is 6.61 Å². The summed E-state index contributed by atoms with van der Waals surface area (Å²) in [4.78, 5) is 8.60. The van der Waals surface area contributed by atoms with Gasteiger partial charge in [-0.1, -0.05) is 29.4 Å². The fourth-order valence-electron chi connectivity index (χ4n) is 2.57. The molecule has 1 aliphatic carbocycles. The van der Waals surface area contributed by atoms with Gasteiger partial charge in [0, 0.05) is 18.3 Å². The van der Waals surface area contributed by atoms with Crippen molar-refractivity contribution in [3.63, 3.8) is 0 Å². The van der Waals surface area contributed by atoms with Crippen LogP contribution in [0.5, 0.6) is 5.75 Å². The SMILES string of the molecule is c1ccc(OCc2noc(C3CC3c3cccnc3)n2)cc1. The summed E-state index contributed by atoms with van der Waals surface area (Å²) in [6.07, 6.45) is 4.72. The summed E-state index contributed by atoms with van der Waals surface area (Å²) in [5, 5.41) is 3.99. The molecule has 1 fully saturated rings. The zero-order chi connectivity index (χ0) is 14.8. The predicted molar refractivity (Wildman–Crippen MR) is 79.4 cm³/mol. The number of hydrogen-bond donors (Lipinski definition) is 0. The molecule has 110 valence electrons. The molecule has 2 atom stereocenters. The maximum absolute atomic E-state index is 5.62. The Morgan fingerprint density at radius 3 is 2.82 bits per heavy atom. The summed E-state index contributed by atoms with van der Waals surface area (Å²) in [6.45, 7) is 0.317. The fraction of sp³-hybridized carbons (Fsp3) is 0.235. The topological polar surface area (TPSA) is 61.0 Å². The van der Waals surface area contributed by atoms with Crippen molar-refractivity contribution < 1.29 is 9.26 Å². The molecule has 0 bridgehead atoms. The smallest absolute Gasteiger partial charge is 0.230 e. The molecule has 0 radical (unpaired) electrons. The van der Waals surface area contributed by atoms with E-state index in [-0.39, 0.29) is 0 Å². The summed E-state index contributed by atoms with van der Waals surface area (Å²) in [7, 11) is 0. The van der Waals surface area contributed by atoms with Crippen LogP contribution in [0, 0.1) is 0 Å². The van der Waals surface area contributed by atoms with Gasteiger partial charge in [-0.15, -0.1) is 0 Å². The molecule has 3 aromatic rings. The van der Waals surface area contributed by atoms with Gasteiger partial charge in [-0.2, -0.15) is 4.98 Å². The Labute approximate surface area is 128 Å². The van der Waals surface area contributed by atoms with Crippen LogP contribution in [0.4, 0.5) is 0 Å². The molecule has 1 aliphatic rings. The van der Waals surface area contributed by atoms with E-state index in [0.717, 1.165) is 12.2 Å². The first kappa shape index (κ1) is 13.0. The highest BCUT2D eigenvalue weighted by molar-refractivity contribution is 5.28. The third-order valence-electron chi connectivity index (χ3n) is 3.82. The van der Waals surface area contributed by atoms with Crippen LogP contribution in [-0.4, -0.2) is 15.1 Å². The first-order valence-corrected chi connectivity index (χ1v) is 7.30. The highest BCUT2D eigenvalue weighted by Gasteiger charge is 2.43. The van der Waals surface area contributed by atoms with Crippen LogP contribution in [0.25, 0.3) is 0 Å². The van der Waals surface area contributed by atoms with Crippen LogP contribution in [0.3, 0.4) is 0 Å². The summed E-state index contributed by atoms with van der Waals surface area (Å²) in [5.74, 6) is 2.82. The summed E-state index contributed by atoms with van der Waals surface area (Å²) >= 11 is 0. The lowest BCUT2D eigenvalue weighted by molar-refractivity contribution is 0.285. The van der Waals surface area contributed by atoms with E-state index < -0.39 is 0 Å². The molecule has 2 unspecified atom stereocenters. The summed E-state index contributed by atoms with van der Waals surface area (Å²) in [5.41, 5.74) is 1.23. The summed E-state index contributed by atoms with van der Waals surface area (Å²) < 4.78 is 11.0. The van der Waals surface area contributed by atoms with Crippen LogP contribution in [-0.2, 0) is 6.61 Å². The van der Waals surface area contributed by atoms with Crippen molar-refractivity contribution in [2.45, 2.75) is 24.9 Å². The largest absolute Gasteiger partial charge is 0.485 e. The van der Waals surface area contributed by atoms with Crippen LogP contribution in [0.15, 0.2) is 59.4 Å². The first-order chi connectivity index (χ1) is 10.9. The third-order valence-corrected chi connectivity index (χ3v) is 3.82. The van der Waals surface area contributed by atoms with E-state index in [0.29, 0.717) is 30.2 Å². The number of rotatable bonds is 5. The van der Waals surface area contributed by atoms with Crippen molar-refractivity contribution in [2.75, 3.05) is 0 Å². The molecule has 0 saturated heterocycles. The molecule has 0 amide bonds. The Balaban J connectivity index is 1.39. The van der Waals surface area contributed by atoms with Gasteiger partial charge in [0.05, 0.1) is 0 Å².